The van der Waals surface area contributed by atoms with Crippen LogP contribution in [0.2, 0.25) is 0 Å². The first-order valence-corrected chi connectivity index (χ1v) is 61.1. The summed E-state index contributed by atoms with van der Waals surface area (Å²) in [6.07, 6.45) is 76.8. The summed E-state index contributed by atoms with van der Waals surface area (Å²) in [5.41, 5.74) is -1.88. The average Bonchev–Trinajstić information content (AvgIpc) is 0.905. The van der Waals surface area contributed by atoms with Gasteiger partial charge in [0.15, 0.2) is 0 Å². The fourth-order valence-corrected chi connectivity index (χ4v) is 19.2. The Morgan fingerprint density at radius 2 is 0.381 bits per heavy atom. The van der Waals surface area contributed by atoms with Crippen LogP contribution in [0.3, 0.4) is 0 Å². The highest BCUT2D eigenvalue weighted by atomic mass is 16.6. The Morgan fingerprint density at radius 1 is 0.218 bits per heavy atom. The van der Waals surface area contributed by atoms with E-state index in [2.05, 4.69) is 63.2 Å². The molecule has 0 rings (SSSR count). The van der Waals surface area contributed by atoms with Gasteiger partial charge in [-0.15, -0.1) is 0 Å². The van der Waals surface area contributed by atoms with E-state index in [1.54, 1.807) is 27.7 Å². The lowest BCUT2D eigenvalue weighted by molar-refractivity contribution is -0.163. The van der Waals surface area contributed by atoms with Crippen molar-refractivity contribution in [3.05, 3.63) is 0 Å². The van der Waals surface area contributed by atoms with Gasteiger partial charge in [-0.1, -0.05) is 450 Å². The lowest BCUT2D eigenvalue weighted by Gasteiger charge is -2.28. The van der Waals surface area contributed by atoms with Gasteiger partial charge in [0, 0.05) is 39.3 Å². The maximum Gasteiger partial charge on any atom is 0.309 e. The zero-order valence-electron chi connectivity index (χ0n) is 97.5. The number of esters is 5. The Morgan fingerprint density at radius 3 is 0.565 bits per heavy atom. The number of ether oxygens (including phenoxy) is 5. The molecule has 10 unspecified atom stereocenters. The largest absolute Gasteiger partial charge is 0.481 e. The number of aliphatic hydroxyl groups is 7. The van der Waals surface area contributed by atoms with Crippen molar-refractivity contribution in [2.24, 2.45) is 17.8 Å². The van der Waals surface area contributed by atoms with Gasteiger partial charge in [0.05, 0.1) is 86.4 Å². The van der Waals surface area contributed by atoms with E-state index < -0.39 is 101 Å². The molecule has 8 N–H and O–H groups in total. The number of hydrogen-bond acceptors (Lipinski definition) is 21. The second-order valence-electron chi connectivity index (χ2n) is 46.4. The lowest BCUT2D eigenvalue weighted by Crippen LogP contribution is -2.38. The second kappa shape index (κ2) is 108. The maximum absolute atomic E-state index is 13.3. The van der Waals surface area contributed by atoms with Gasteiger partial charge in [-0.05, 0) is 172 Å². The van der Waals surface area contributed by atoms with Crippen molar-refractivity contribution < 1.29 is 93.3 Å². The highest BCUT2D eigenvalue weighted by molar-refractivity contribution is 5.81. The minimum atomic E-state index is -0.968. The van der Waals surface area contributed by atoms with E-state index in [0.717, 1.165) is 161 Å². The summed E-state index contributed by atoms with van der Waals surface area (Å²) >= 11 is 0. The molecule has 0 amide bonds. The van der Waals surface area contributed by atoms with Crippen molar-refractivity contribution in [2.45, 2.75) is 681 Å². The Kier molecular flexibility index (Phi) is 113. The van der Waals surface area contributed by atoms with Gasteiger partial charge in [-0.25, -0.2) is 0 Å². The predicted molar refractivity (Wildman–Crippen MR) is 621 cm³/mol. The third-order valence-corrected chi connectivity index (χ3v) is 27.6. The smallest absolute Gasteiger partial charge is 0.309 e. The normalized spacial score (nSPS) is 13.8. The molecule has 0 aliphatic rings. The molecule has 882 valence electrons. The molecule has 0 bridgehead atoms. The fourth-order valence-electron chi connectivity index (χ4n) is 19.2. The number of carbonyl (C=O) groups is 6. The van der Waals surface area contributed by atoms with E-state index in [1.807, 2.05) is 41.5 Å². The molecule has 0 aromatic rings. The van der Waals surface area contributed by atoms with Gasteiger partial charge in [-0.3, -0.25) is 43.5 Å². The molecule has 0 spiro atoms. The Bertz CT molecular complexity index is 2730. The number of hydrogen-bond donors (Lipinski definition) is 8. The number of carboxylic acids is 1. The van der Waals surface area contributed by atoms with E-state index in [-0.39, 0.29) is 66.7 Å². The van der Waals surface area contributed by atoms with Crippen molar-refractivity contribution in [3.63, 3.8) is 0 Å². The summed E-state index contributed by atoms with van der Waals surface area (Å²) in [6, 6.07) is 0. The number of rotatable bonds is 102. The van der Waals surface area contributed by atoms with E-state index in [0.29, 0.717) is 90.9 Å². The first-order chi connectivity index (χ1) is 68.9. The molecule has 0 heterocycles. The molecule has 147 heavy (non-hydrogen) atoms. The zero-order chi connectivity index (χ0) is 108. The van der Waals surface area contributed by atoms with E-state index >= 15 is 0 Å². The minimum Gasteiger partial charge on any atom is -0.481 e. The number of unbranched alkanes of at least 4 members (excludes halogenated alkanes) is 52. The van der Waals surface area contributed by atoms with E-state index in [4.69, 9.17) is 23.7 Å². The Hall–Kier alpha value is -3.58. The highest BCUT2D eigenvalue weighted by Gasteiger charge is 2.31. The molecule has 0 aliphatic carbocycles. The van der Waals surface area contributed by atoms with Crippen LogP contribution in [0.25, 0.3) is 0 Å². The van der Waals surface area contributed by atoms with Crippen molar-refractivity contribution in [1.29, 1.82) is 0 Å². The molecule has 22 heteroatoms. The monoisotopic (exact) mass is 2100 g/mol. The van der Waals surface area contributed by atoms with E-state index in [9.17, 15) is 69.6 Å². The van der Waals surface area contributed by atoms with Gasteiger partial charge in [-0.2, -0.15) is 0 Å². The van der Waals surface area contributed by atoms with E-state index in [1.165, 1.54) is 270 Å². The molecule has 0 aromatic carbocycles. The third kappa shape index (κ3) is 112. The molecule has 0 saturated heterocycles. The number of carbonyl (C=O) groups excluding carboxylic acids is 5. The van der Waals surface area contributed by atoms with Crippen LogP contribution >= 0.6 is 0 Å². The molecule has 0 aliphatic heterocycles. The summed E-state index contributed by atoms with van der Waals surface area (Å²) in [7, 11) is 0. The number of carboxylic acid groups (broad SMARTS) is 1. The fraction of sp³-hybridized carbons (Fsp3) is 0.952. The number of aliphatic hydroxyl groups excluding tert-OH is 7. The molecule has 0 fully saturated rings. The van der Waals surface area contributed by atoms with Crippen molar-refractivity contribution in [3.8, 4) is 0 Å². The molecule has 0 aromatic heterocycles. The van der Waals surface area contributed by atoms with Crippen LogP contribution in [0.4, 0.5) is 0 Å². The van der Waals surface area contributed by atoms with Gasteiger partial charge >= 0.3 is 35.8 Å². The van der Waals surface area contributed by atoms with Crippen molar-refractivity contribution in [1.82, 2.24) is 14.7 Å². The summed E-state index contributed by atoms with van der Waals surface area (Å²) in [5.74, 6) is -4.97. The molecule has 0 radical (unpaired) electrons. The number of aliphatic carboxylic acids is 1. The van der Waals surface area contributed by atoms with Crippen LogP contribution in [0.15, 0.2) is 0 Å². The molecule has 0 saturated carbocycles. The Balaban J connectivity index is -0.000000507. The summed E-state index contributed by atoms with van der Waals surface area (Å²) in [4.78, 5) is 81.6. The standard InChI is InChI=1S/C48H95NO7.C38H75NO6.C36H71NO6.3CH4/c1-7-10-13-16-19-22-25-28-34-43(50)39-49(40-44(51)35-29-26-23-20-17-14-11-8-2)37-32-31-33-42(38-46(53)56-48(4,5)6)47(54)55-41-45(52)36-30-27-24-21-18-15-12-9-3;1-7-10-12-14-16-18-20-22-27-34(40)31-39(32-35(41)28-23-21-19-17-15-13-11-8-2)29-25-24-26-33(37(43)44-9-3)30-36(42)45-38(4,5)6;1-6-8-10-12-14-16-18-20-25-32(38)29-37(30-33(39)26-21-19-17-15-13-11-9-7-2)27-23-22-24-31(35(41)42)28-34(40)43-36(3,4)5;;;/h42-45,50-52H,7-41H2,1-6H3;33-35,40-41H,7-32H2,1-6H3;31-33,38-39H,6-30H2,1-5H3,(H,41,42);3*1H4. The summed E-state index contributed by atoms with van der Waals surface area (Å²) in [6.45, 7) is 39.3. The van der Waals surface area contributed by atoms with Crippen LogP contribution in [0.5, 0.6) is 0 Å². The van der Waals surface area contributed by atoms with Crippen LogP contribution in [-0.2, 0) is 52.5 Å². The van der Waals surface area contributed by atoms with Crippen LogP contribution in [-0.4, -0.2) is 223 Å². The van der Waals surface area contributed by atoms with Gasteiger partial charge in [0.25, 0.3) is 0 Å². The SMILES string of the molecule is C.C.C.CCCCCCCCCCC(O)CN(CCCCC(CC(=O)OC(C)(C)C)C(=O)O)CC(O)CCCCCCCCCC.CCCCCCCCCCC(O)CN(CCCCC(CC(=O)OC(C)(C)C)C(=O)OCC)CC(O)CCCCCCCCCC.CCCCCCCCCCC(O)COC(=O)C(CCCCN(CC(O)CCCCCCCCCC)CC(O)CCCCCCCCCC)CC(=O)OC(C)(C)C. The first-order valence-electron chi connectivity index (χ1n) is 61.1. The summed E-state index contributed by atoms with van der Waals surface area (Å²) < 4.78 is 27.2. The molecular weight excluding hydrogens is 1850 g/mol. The zero-order valence-corrected chi connectivity index (χ0v) is 97.5. The molecule has 10 atom stereocenters. The van der Waals surface area contributed by atoms with Crippen LogP contribution in [0.1, 0.15) is 622 Å². The minimum absolute atomic E-state index is 0. The molecule has 22 nitrogen and oxygen atoms in total. The quantitative estimate of drug-likeness (QED) is 0.0159. The second-order valence-corrected chi connectivity index (χ2v) is 46.4. The topological polar surface area (TPSA) is 320 Å². The predicted octanol–water partition coefficient (Wildman–Crippen LogP) is 31.8. The van der Waals surface area contributed by atoms with Crippen molar-refractivity contribution in [2.75, 3.05) is 72.1 Å². The van der Waals surface area contributed by atoms with Gasteiger partial charge in [0.1, 0.15) is 23.4 Å². The molecular formula is C125H253N3O19. The average molecular weight is 2100 g/mol. The van der Waals surface area contributed by atoms with Crippen LogP contribution in [0, 0.1) is 17.8 Å². The lowest BCUT2D eigenvalue weighted by atomic mass is 9.98. The third-order valence-electron chi connectivity index (χ3n) is 27.6. The summed E-state index contributed by atoms with van der Waals surface area (Å²) in [5, 5.41) is 85.5. The highest BCUT2D eigenvalue weighted by Crippen LogP contribution is 2.27. The van der Waals surface area contributed by atoms with Gasteiger partial charge < -0.3 is 64.5 Å². The Labute approximate surface area is 909 Å². The van der Waals surface area contributed by atoms with Gasteiger partial charge in [0.2, 0.25) is 0 Å². The first kappa shape index (κ1) is 154. The van der Waals surface area contributed by atoms with Crippen molar-refractivity contribution >= 4 is 35.8 Å². The van der Waals surface area contributed by atoms with Crippen LogP contribution < -0.4 is 0 Å². The number of nitrogens with zero attached hydrogens (tertiary/aromatic N) is 3. The maximum atomic E-state index is 13.3.